The SMILES string of the molecule is Cc1c(F)cccc1[C@H]1C(N(C=O)[C@@H]2CCC[C@@H](C)C2)CN(CCN(C)S(C)(=O)=O)C[C@@H]1C(=O)c1cccc(O)c1. The molecule has 1 unspecified atom stereocenters. The Labute approximate surface area is 243 Å². The van der Waals surface area contributed by atoms with Crippen molar-refractivity contribution < 1.29 is 27.5 Å². The van der Waals surface area contributed by atoms with E-state index in [2.05, 4.69) is 6.92 Å². The number of halogens is 1. The number of sulfonamides is 1. The van der Waals surface area contributed by atoms with Gasteiger partial charge in [-0.05, 0) is 55.0 Å². The Kier molecular flexibility index (Phi) is 9.87. The van der Waals surface area contributed by atoms with E-state index in [4.69, 9.17) is 0 Å². The van der Waals surface area contributed by atoms with Gasteiger partial charge in [-0.2, -0.15) is 0 Å². The molecule has 1 aliphatic heterocycles. The van der Waals surface area contributed by atoms with Crippen LogP contribution >= 0.6 is 0 Å². The normalized spacial score (nSPS) is 25.7. The standard InChI is InChI=1S/C31H42FN3O5S/c1-21-8-5-10-24(16-21)35(20-36)29-19-34(15-14-33(3)41(4,39)40)18-27(31(38)23-9-6-11-25(37)17-23)30(29)26-12-7-13-28(32)22(26)2/h6-7,9,11-13,17,20-21,24,27,29-30,37H,5,8,10,14-16,18-19H2,1-4H3/t21-,24-,27+,29?,30-/m1/s1. The molecule has 1 aliphatic carbocycles. The average Bonchev–Trinajstić information content (AvgIpc) is 2.92. The minimum Gasteiger partial charge on any atom is -0.508 e. The minimum atomic E-state index is -3.40. The molecule has 5 atom stereocenters. The van der Waals surface area contributed by atoms with Gasteiger partial charge in [-0.3, -0.25) is 14.5 Å². The van der Waals surface area contributed by atoms with Crippen molar-refractivity contribution in [3.8, 4) is 5.75 Å². The van der Waals surface area contributed by atoms with Crippen molar-refractivity contribution >= 4 is 22.2 Å². The molecule has 0 radical (unpaired) electrons. The Bertz CT molecular complexity index is 1350. The molecule has 0 bridgehead atoms. The van der Waals surface area contributed by atoms with Crippen molar-refractivity contribution in [2.75, 3.05) is 39.5 Å². The number of nitrogens with zero attached hydrogens (tertiary/aromatic N) is 3. The molecular formula is C31H42FN3O5S. The van der Waals surface area contributed by atoms with E-state index in [0.717, 1.165) is 38.3 Å². The lowest BCUT2D eigenvalue weighted by Crippen LogP contribution is -2.60. The van der Waals surface area contributed by atoms with E-state index < -0.39 is 27.9 Å². The molecule has 4 rings (SSSR count). The fourth-order valence-corrected chi connectivity index (χ4v) is 7.07. The fraction of sp³-hybridized carbons (Fsp3) is 0.548. The van der Waals surface area contributed by atoms with Crippen LogP contribution in [-0.2, 0) is 14.8 Å². The lowest BCUT2D eigenvalue weighted by atomic mass is 9.71. The van der Waals surface area contributed by atoms with Crippen molar-refractivity contribution in [2.24, 2.45) is 11.8 Å². The molecule has 0 aromatic heterocycles. The zero-order chi connectivity index (χ0) is 29.9. The van der Waals surface area contributed by atoms with E-state index in [0.29, 0.717) is 42.2 Å². The Balaban J connectivity index is 1.81. The van der Waals surface area contributed by atoms with Crippen LogP contribution in [0.2, 0.25) is 0 Å². The molecule has 1 saturated carbocycles. The number of hydrogen-bond acceptors (Lipinski definition) is 6. The second kappa shape index (κ2) is 13.0. The molecule has 8 nitrogen and oxygen atoms in total. The number of Topliss-reactive ketones (excluding diaryl/α,β-unsaturated/α-hetero) is 1. The molecule has 1 N–H and O–H groups in total. The number of amides is 1. The third-order valence-electron chi connectivity index (χ3n) is 9.02. The summed E-state index contributed by atoms with van der Waals surface area (Å²) in [5.41, 5.74) is 1.48. The molecular weight excluding hydrogens is 545 g/mol. The number of aromatic hydroxyl groups is 1. The third kappa shape index (κ3) is 7.16. The van der Waals surface area contributed by atoms with Crippen LogP contribution in [0.25, 0.3) is 0 Å². The van der Waals surface area contributed by atoms with Gasteiger partial charge in [0.25, 0.3) is 0 Å². The summed E-state index contributed by atoms with van der Waals surface area (Å²) in [6.07, 6.45) is 5.85. The van der Waals surface area contributed by atoms with Crippen molar-refractivity contribution in [2.45, 2.75) is 57.5 Å². The summed E-state index contributed by atoms with van der Waals surface area (Å²) in [5, 5.41) is 10.1. The summed E-state index contributed by atoms with van der Waals surface area (Å²) in [6, 6.07) is 10.7. The van der Waals surface area contributed by atoms with Gasteiger partial charge in [0, 0.05) is 56.7 Å². The van der Waals surface area contributed by atoms with Crippen LogP contribution < -0.4 is 0 Å². The quantitative estimate of drug-likeness (QED) is 0.333. The number of phenolic OH excluding ortho intramolecular Hbond substituents is 1. The first kappa shape index (κ1) is 31.1. The monoisotopic (exact) mass is 587 g/mol. The highest BCUT2D eigenvalue weighted by atomic mass is 32.2. The van der Waals surface area contributed by atoms with Gasteiger partial charge in [-0.1, -0.05) is 44.0 Å². The van der Waals surface area contributed by atoms with Gasteiger partial charge in [0.05, 0.1) is 12.3 Å². The Morgan fingerprint density at radius 3 is 2.56 bits per heavy atom. The van der Waals surface area contributed by atoms with Crippen LogP contribution in [0, 0.1) is 24.6 Å². The summed E-state index contributed by atoms with van der Waals surface area (Å²) in [4.78, 5) is 31.0. The predicted molar refractivity (Wildman–Crippen MR) is 157 cm³/mol. The summed E-state index contributed by atoms with van der Waals surface area (Å²) in [6.45, 7) is 5.21. The molecule has 0 spiro atoms. The number of likely N-dealkylation sites (N-methyl/N-ethyl adjacent to an activating group) is 1. The van der Waals surface area contributed by atoms with Gasteiger partial charge in [0.2, 0.25) is 16.4 Å². The first-order valence-corrected chi connectivity index (χ1v) is 16.2. The molecule has 2 aromatic rings. The maximum Gasteiger partial charge on any atom is 0.210 e. The molecule has 2 fully saturated rings. The van der Waals surface area contributed by atoms with Gasteiger partial charge >= 0.3 is 0 Å². The molecule has 1 heterocycles. The Hall–Kier alpha value is -2.82. The number of ketones is 1. The molecule has 224 valence electrons. The van der Waals surface area contributed by atoms with Gasteiger partial charge in [0.15, 0.2) is 5.78 Å². The lowest BCUT2D eigenvalue weighted by molar-refractivity contribution is -0.126. The van der Waals surface area contributed by atoms with Crippen LogP contribution in [-0.4, -0.2) is 91.4 Å². The number of hydrogen-bond donors (Lipinski definition) is 1. The van der Waals surface area contributed by atoms with E-state index in [1.807, 2.05) is 15.9 Å². The topological polar surface area (TPSA) is 98.2 Å². The number of piperidine rings is 1. The van der Waals surface area contributed by atoms with Crippen LogP contribution in [0.1, 0.15) is 60.0 Å². The van der Waals surface area contributed by atoms with Crippen LogP contribution in [0.15, 0.2) is 42.5 Å². The zero-order valence-corrected chi connectivity index (χ0v) is 25.2. The molecule has 2 aliphatic rings. The summed E-state index contributed by atoms with van der Waals surface area (Å²) >= 11 is 0. The molecule has 10 heteroatoms. The number of likely N-dealkylation sites (tertiary alicyclic amines) is 1. The first-order chi connectivity index (χ1) is 19.4. The highest BCUT2D eigenvalue weighted by Crippen LogP contribution is 2.42. The van der Waals surface area contributed by atoms with Crippen LogP contribution in [0.3, 0.4) is 0 Å². The van der Waals surface area contributed by atoms with E-state index >= 15 is 0 Å². The molecule has 1 amide bonds. The predicted octanol–water partition coefficient (Wildman–Crippen LogP) is 4.04. The van der Waals surface area contributed by atoms with Crippen molar-refractivity contribution in [3.63, 3.8) is 0 Å². The number of benzene rings is 2. The third-order valence-corrected chi connectivity index (χ3v) is 10.3. The maximum atomic E-state index is 15.0. The Morgan fingerprint density at radius 1 is 1.17 bits per heavy atom. The smallest absolute Gasteiger partial charge is 0.210 e. The second-order valence-electron chi connectivity index (χ2n) is 11.9. The molecule has 41 heavy (non-hydrogen) atoms. The van der Waals surface area contributed by atoms with E-state index in [-0.39, 0.29) is 29.9 Å². The maximum absolute atomic E-state index is 15.0. The van der Waals surface area contributed by atoms with Crippen LogP contribution in [0.4, 0.5) is 4.39 Å². The highest BCUT2D eigenvalue weighted by Gasteiger charge is 2.46. The van der Waals surface area contributed by atoms with Gasteiger partial charge in [-0.25, -0.2) is 17.1 Å². The second-order valence-corrected chi connectivity index (χ2v) is 14.0. The largest absolute Gasteiger partial charge is 0.508 e. The number of phenols is 1. The number of carbonyl (C=O) groups excluding carboxylic acids is 2. The Morgan fingerprint density at radius 2 is 1.90 bits per heavy atom. The van der Waals surface area contributed by atoms with Gasteiger partial charge < -0.3 is 10.0 Å². The van der Waals surface area contributed by atoms with E-state index in [9.17, 15) is 27.5 Å². The van der Waals surface area contributed by atoms with Gasteiger partial charge in [-0.15, -0.1) is 0 Å². The van der Waals surface area contributed by atoms with Gasteiger partial charge in [0.1, 0.15) is 11.6 Å². The number of carbonyl (C=O) groups is 2. The zero-order valence-electron chi connectivity index (χ0n) is 24.4. The summed E-state index contributed by atoms with van der Waals surface area (Å²) < 4.78 is 40.4. The first-order valence-electron chi connectivity index (χ1n) is 14.3. The van der Waals surface area contributed by atoms with Crippen LogP contribution in [0.5, 0.6) is 5.75 Å². The highest BCUT2D eigenvalue weighted by molar-refractivity contribution is 7.88. The van der Waals surface area contributed by atoms with Crippen molar-refractivity contribution in [3.05, 3.63) is 65.0 Å². The lowest BCUT2D eigenvalue weighted by Gasteiger charge is -2.50. The summed E-state index contributed by atoms with van der Waals surface area (Å²) in [5.74, 6) is -1.30. The van der Waals surface area contributed by atoms with Crippen molar-refractivity contribution in [1.82, 2.24) is 14.1 Å². The summed E-state index contributed by atoms with van der Waals surface area (Å²) in [7, 11) is -1.88. The number of rotatable bonds is 10. The van der Waals surface area contributed by atoms with E-state index in [1.54, 1.807) is 25.1 Å². The average molecular weight is 588 g/mol. The van der Waals surface area contributed by atoms with Crippen molar-refractivity contribution in [1.29, 1.82) is 0 Å². The van der Waals surface area contributed by atoms with E-state index in [1.165, 1.54) is 29.6 Å². The molecule has 2 aromatic carbocycles. The fourth-order valence-electron chi connectivity index (χ4n) is 6.66. The minimum absolute atomic E-state index is 0.00668. The molecule has 1 saturated heterocycles.